The number of tetrazole rings is 1. The average Bonchev–Trinajstić information content (AvgIpc) is 2.91. The van der Waals surface area contributed by atoms with Crippen molar-refractivity contribution in [3.8, 4) is 17.1 Å². The number of anilines is 1. The maximum atomic E-state index is 14.0. The van der Waals surface area contributed by atoms with Crippen molar-refractivity contribution in [2.75, 3.05) is 5.73 Å². The molecule has 0 fully saturated rings. The molecule has 3 rings (SSSR count). The second-order valence-electron chi connectivity index (χ2n) is 4.19. The fraction of sp³-hybridized carbons (Fsp3) is 0. The van der Waals surface area contributed by atoms with E-state index in [1.165, 1.54) is 16.8 Å². The van der Waals surface area contributed by atoms with Crippen molar-refractivity contribution >= 4 is 28.9 Å². The van der Waals surface area contributed by atoms with Gasteiger partial charge < -0.3 is 5.73 Å². The molecule has 2 aromatic carbocycles. The van der Waals surface area contributed by atoms with Crippen LogP contribution in [0.2, 0.25) is 10.0 Å². The summed E-state index contributed by atoms with van der Waals surface area (Å²) in [6.07, 6.45) is 0. The lowest BCUT2D eigenvalue weighted by Crippen LogP contribution is -2.04. The SMILES string of the molecule is Nc1cccc(-c2nnnn2-c2c(F)cccc2Cl)c1Cl. The molecule has 8 heteroatoms. The van der Waals surface area contributed by atoms with Crippen LogP contribution in [0.3, 0.4) is 0 Å². The molecule has 2 N–H and O–H groups in total. The summed E-state index contributed by atoms with van der Waals surface area (Å²) in [6, 6.07) is 9.36. The van der Waals surface area contributed by atoms with Crippen LogP contribution < -0.4 is 5.73 Å². The first-order valence-electron chi connectivity index (χ1n) is 5.86. The van der Waals surface area contributed by atoms with Gasteiger partial charge in [0.15, 0.2) is 11.6 Å². The number of nitrogen functional groups attached to an aromatic ring is 1. The first-order chi connectivity index (χ1) is 10.1. The smallest absolute Gasteiger partial charge is 0.188 e. The standard InChI is InChI=1S/C13H8Cl2FN5/c14-8-4-2-5-9(16)12(8)21-13(18-19-20-21)7-3-1-6-10(17)11(7)15/h1-6H,17H2. The zero-order chi connectivity index (χ0) is 15.0. The first kappa shape index (κ1) is 13.8. The lowest BCUT2D eigenvalue weighted by molar-refractivity contribution is 0.608. The van der Waals surface area contributed by atoms with E-state index < -0.39 is 5.82 Å². The molecule has 1 heterocycles. The lowest BCUT2D eigenvalue weighted by Gasteiger charge is -2.09. The van der Waals surface area contributed by atoms with E-state index in [-0.39, 0.29) is 16.5 Å². The van der Waals surface area contributed by atoms with Gasteiger partial charge >= 0.3 is 0 Å². The molecule has 106 valence electrons. The molecule has 0 aliphatic rings. The van der Waals surface area contributed by atoms with Crippen molar-refractivity contribution < 1.29 is 4.39 Å². The lowest BCUT2D eigenvalue weighted by atomic mass is 10.2. The molecular formula is C13H8Cl2FN5. The summed E-state index contributed by atoms with van der Waals surface area (Å²) in [5, 5.41) is 11.7. The van der Waals surface area contributed by atoms with E-state index in [1.807, 2.05) is 0 Å². The number of hydrogen-bond donors (Lipinski definition) is 1. The third-order valence-corrected chi connectivity index (χ3v) is 3.62. The monoisotopic (exact) mass is 323 g/mol. The van der Waals surface area contributed by atoms with Crippen molar-refractivity contribution in [1.82, 2.24) is 20.2 Å². The summed E-state index contributed by atoms with van der Waals surface area (Å²) in [5.74, 6) is -0.296. The van der Waals surface area contributed by atoms with Crippen molar-refractivity contribution in [1.29, 1.82) is 0 Å². The molecule has 0 saturated carbocycles. The predicted octanol–water partition coefficient (Wildman–Crippen LogP) is 3.36. The summed E-state index contributed by atoms with van der Waals surface area (Å²) in [4.78, 5) is 0. The second-order valence-corrected chi connectivity index (χ2v) is 4.98. The van der Waals surface area contributed by atoms with Crippen LogP contribution in [0.15, 0.2) is 36.4 Å². The topological polar surface area (TPSA) is 69.6 Å². The van der Waals surface area contributed by atoms with Gasteiger partial charge in [-0.25, -0.2) is 4.39 Å². The number of para-hydroxylation sites is 1. The molecule has 0 aliphatic heterocycles. The van der Waals surface area contributed by atoms with Gasteiger partial charge in [0, 0.05) is 5.56 Å². The van der Waals surface area contributed by atoms with E-state index in [2.05, 4.69) is 15.5 Å². The number of nitrogens with two attached hydrogens (primary N) is 1. The van der Waals surface area contributed by atoms with Crippen molar-refractivity contribution in [3.05, 3.63) is 52.3 Å². The van der Waals surface area contributed by atoms with Crippen molar-refractivity contribution in [3.63, 3.8) is 0 Å². The molecule has 0 spiro atoms. The van der Waals surface area contributed by atoms with Gasteiger partial charge in [-0.2, -0.15) is 4.68 Å². The fourth-order valence-electron chi connectivity index (χ4n) is 1.92. The average molecular weight is 324 g/mol. The summed E-state index contributed by atoms with van der Waals surface area (Å²) in [7, 11) is 0. The molecule has 0 atom stereocenters. The number of aromatic nitrogens is 4. The van der Waals surface area contributed by atoms with Gasteiger partial charge in [0.25, 0.3) is 0 Å². The van der Waals surface area contributed by atoms with Crippen LogP contribution in [-0.4, -0.2) is 20.2 Å². The Balaban J connectivity index is 2.25. The number of nitrogens with zero attached hydrogens (tertiary/aromatic N) is 4. The van der Waals surface area contributed by atoms with Crippen LogP contribution in [0, 0.1) is 5.82 Å². The molecule has 0 unspecified atom stereocenters. The van der Waals surface area contributed by atoms with Gasteiger partial charge in [-0.15, -0.1) is 5.10 Å². The van der Waals surface area contributed by atoms with Crippen LogP contribution in [0.4, 0.5) is 10.1 Å². The van der Waals surface area contributed by atoms with E-state index in [4.69, 9.17) is 28.9 Å². The summed E-state index contributed by atoms with van der Waals surface area (Å²) in [5.41, 5.74) is 6.68. The highest BCUT2D eigenvalue weighted by molar-refractivity contribution is 6.35. The number of hydrogen-bond acceptors (Lipinski definition) is 4. The van der Waals surface area contributed by atoms with E-state index in [0.717, 1.165) is 0 Å². The van der Waals surface area contributed by atoms with Gasteiger partial charge in [0.1, 0.15) is 5.69 Å². The van der Waals surface area contributed by atoms with Crippen molar-refractivity contribution in [2.24, 2.45) is 0 Å². The minimum Gasteiger partial charge on any atom is -0.398 e. The molecular weight excluding hydrogens is 316 g/mol. The van der Waals surface area contributed by atoms with Gasteiger partial charge in [0.05, 0.1) is 15.7 Å². The third-order valence-electron chi connectivity index (χ3n) is 2.89. The van der Waals surface area contributed by atoms with Gasteiger partial charge in [0.2, 0.25) is 0 Å². The number of benzene rings is 2. The minimum atomic E-state index is -0.545. The molecule has 3 aromatic rings. The highest BCUT2D eigenvalue weighted by atomic mass is 35.5. The van der Waals surface area contributed by atoms with E-state index in [9.17, 15) is 4.39 Å². The highest BCUT2D eigenvalue weighted by Gasteiger charge is 2.19. The maximum absolute atomic E-state index is 14.0. The Morgan fingerprint density at radius 2 is 1.86 bits per heavy atom. The van der Waals surface area contributed by atoms with Crippen molar-refractivity contribution in [2.45, 2.75) is 0 Å². The Morgan fingerprint density at radius 3 is 2.62 bits per heavy atom. The van der Waals surface area contributed by atoms with Crippen LogP contribution in [0.1, 0.15) is 0 Å². The molecule has 0 bridgehead atoms. The molecule has 0 aliphatic carbocycles. The zero-order valence-electron chi connectivity index (χ0n) is 10.5. The molecule has 21 heavy (non-hydrogen) atoms. The van der Waals surface area contributed by atoms with Gasteiger partial charge in [-0.3, -0.25) is 0 Å². The molecule has 5 nitrogen and oxygen atoms in total. The largest absolute Gasteiger partial charge is 0.398 e. The van der Waals surface area contributed by atoms with Crippen LogP contribution >= 0.6 is 23.2 Å². The molecule has 1 aromatic heterocycles. The highest BCUT2D eigenvalue weighted by Crippen LogP contribution is 2.33. The number of rotatable bonds is 2. The first-order valence-corrected chi connectivity index (χ1v) is 6.62. The predicted molar refractivity (Wildman–Crippen MR) is 79.0 cm³/mol. The zero-order valence-corrected chi connectivity index (χ0v) is 12.0. The fourth-order valence-corrected chi connectivity index (χ4v) is 2.37. The van der Waals surface area contributed by atoms with Gasteiger partial charge in [-0.05, 0) is 34.7 Å². The Morgan fingerprint density at radius 1 is 1.10 bits per heavy atom. The third kappa shape index (κ3) is 2.32. The van der Waals surface area contributed by atoms with E-state index >= 15 is 0 Å². The number of halogens is 3. The summed E-state index contributed by atoms with van der Waals surface area (Å²) in [6.45, 7) is 0. The Kier molecular flexibility index (Phi) is 3.48. The normalized spacial score (nSPS) is 10.8. The molecule has 0 radical (unpaired) electrons. The Labute approximate surface area is 129 Å². The molecule has 0 saturated heterocycles. The van der Waals surface area contributed by atoms with Crippen LogP contribution in [-0.2, 0) is 0 Å². The Bertz CT molecular complexity index is 798. The van der Waals surface area contributed by atoms with Crippen LogP contribution in [0.5, 0.6) is 0 Å². The van der Waals surface area contributed by atoms with E-state index in [0.29, 0.717) is 16.3 Å². The van der Waals surface area contributed by atoms with Gasteiger partial charge in [-0.1, -0.05) is 35.3 Å². The van der Waals surface area contributed by atoms with E-state index in [1.54, 1.807) is 24.3 Å². The second kappa shape index (κ2) is 5.31. The Hall–Kier alpha value is -2.18. The summed E-state index contributed by atoms with van der Waals surface area (Å²) < 4.78 is 15.2. The quantitative estimate of drug-likeness (QED) is 0.734. The van der Waals surface area contributed by atoms with Crippen LogP contribution in [0.25, 0.3) is 17.1 Å². The molecule has 0 amide bonds. The minimum absolute atomic E-state index is 0.0534. The summed E-state index contributed by atoms with van der Waals surface area (Å²) >= 11 is 12.2. The maximum Gasteiger partial charge on any atom is 0.188 e.